The Morgan fingerprint density at radius 3 is 2.91 bits per heavy atom. The zero-order valence-electron chi connectivity index (χ0n) is 18.9. The summed E-state index contributed by atoms with van der Waals surface area (Å²) in [5.41, 5.74) is 7.57. The van der Waals surface area contributed by atoms with Crippen LogP contribution < -0.4 is 10.1 Å². The summed E-state index contributed by atoms with van der Waals surface area (Å²) < 4.78 is 10.9. The Morgan fingerprint density at radius 1 is 1.41 bits per heavy atom. The average Bonchev–Trinajstić information content (AvgIpc) is 3.34. The van der Waals surface area contributed by atoms with Gasteiger partial charge in [0.2, 0.25) is 5.88 Å². The first-order chi connectivity index (χ1) is 15.6. The van der Waals surface area contributed by atoms with E-state index in [9.17, 15) is 5.26 Å². The van der Waals surface area contributed by atoms with Crippen LogP contribution >= 0.6 is 0 Å². The number of aromatic nitrogens is 2. The topological polar surface area (TPSA) is 96.3 Å². The van der Waals surface area contributed by atoms with Gasteiger partial charge in [0, 0.05) is 18.3 Å². The highest BCUT2D eigenvalue weighted by molar-refractivity contribution is 6.12. The lowest BCUT2D eigenvalue weighted by Crippen LogP contribution is -2.21. The van der Waals surface area contributed by atoms with Gasteiger partial charge in [-0.2, -0.15) is 5.26 Å². The van der Waals surface area contributed by atoms with Gasteiger partial charge in [0.05, 0.1) is 25.0 Å². The first kappa shape index (κ1) is 21.6. The summed E-state index contributed by atoms with van der Waals surface area (Å²) >= 11 is 0. The molecule has 1 unspecified atom stereocenters. The minimum absolute atomic E-state index is 0.0340. The second kappa shape index (κ2) is 9.23. The first-order valence-electron chi connectivity index (χ1n) is 10.8. The van der Waals surface area contributed by atoms with Crippen LogP contribution in [0.3, 0.4) is 0 Å². The fraction of sp³-hybridized carbons (Fsp3) is 0.360. The van der Waals surface area contributed by atoms with E-state index in [-0.39, 0.29) is 6.04 Å². The SMILES string of the molecule is CCc1ccc(NC2CCCc3c2nc(OC)c(C#N)c3C)cc1C(=NC)c1cnco1. The van der Waals surface area contributed by atoms with Gasteiger partial charge in [-0.1, -0.05) is 13.0 Å². The molecule has 0 aliphatic heterocycles. The van der Waals surface area contributed by atoms with Crippen molar-refractivity contribution in [2.75, 3.05) is 19.5 Å². The number of oxazole rings is 1. The lowest BCUT2D eigenvalue weighted by atomic mass is 9.87. The number of ether oxygens (including phenoxy) is 1. The highest BCUT2D eigenvalue weighted by Gasteiger charge is 2.27. The molecule has 1 aromatic carbocycles. The van der Waals surface area contributed by atoms with Crippen molar-refractivity contribution >= 4 is 11.4 Å². The van der Waals surface area contributed by atoms with Crippen LogP contribution in [0.1, 0.15) is 65.1 Å². The van der Waals surface area contributed by atoms with Crippen molar-refractivity contribution in [2.45, 2.75) is 45.6 Å². The number of nitrogens with zero attached hydrogens (tertiary/aromatic N) is 4. The van der Waals surface area contributed by atoms with Crippen LogP contribution in [0.5, 0.6) is 5.88 Å². The molecular formula is C25H27N5O2. The van der Waals surface area contributed by atoms with Crippen molar-refractivity contribution in [2.24, 2.45) is 4.99 Å². The molecule has 1 aliphatic rings. The van der Waals surface area contributed by atoms with Crippen molar-refractivity contribution in [1.82, 2.24) is 9.97 Å². The summed E-state index contributed by atoms with van der Waals surface area (Å²) in [4.78, 5) is 13.3. The number of hydrogen-bond acceptors (Lipinski definition) is 7. The molecule has 0 saturated heterocycles. The van der Waals surface area contributed by atoms with Gasteiger partial charge in [-0.05, 0) is 61.4 Å². The van der Waals surface area contributed by atoms with Gasteiger partial charge in [-0.15, -0.1) is 0 Å². The Hall–Kier alpha value is -3.66. The van der Waals surface area contributed by atoms with Crippen LogP contribution in [0.2, 0.25) is 0 Å². The maximum atomic E-state index is 9.56. The van der Waals surface area contributed by atoms with Crippen molar-refractivity contribution in [3.05, 3.63) is 70.1 Å². The van der Waals surface area contributed by atoms with Crippen LogP contribution in [0, 0.1) is 18.3 Å². The Morgan fingerprint density at radius 2 is 2.25 bits per heavy atom. The number of benzene rings is 1. The van der Waals surface area contributed by atoms with Gasteiger partial charge in [-0.25, -0.2) is 9.97 Å². The molecule has 0 amide bonds. The van der Waals surface area contributed by atoms with E-state index in [1.165, 1.54) is 12.0 Å². The molecule has 164 valence electrons. The molecule has 1 aliphatic carbocycles. The van der Waals surface area contributed by atoms with Crippen LogP contribution in [-0.2, 0) is 12.8 Å². The lowest BCUT2D eigenvalue weighted by Gasteiger charge is -2.28. The molecule has 1 N–H and O–H groups in total. The molecular weight excluding hydrogens is 402 g/mol. The molecule has 7 nitrogen and oxygen atoms in total. The van der Waals surface area contributed by atoms with Gasteiger partial charge in [0.15, 0.2) is 12.2 Å². The third-order valence-corrected chi connectivity index (χ3v) is 6.10. The second-order valence-electron chi connectivity index (χ2n) is 7.85. The summed E-state index contributed by atoms with van der Waals surface area (Å²) in [6.07, 6.45) is 6.89. The number of aliphatic imine (C=N–C) groups is 1. The molecule has 2 heterocycles. The van der Waals surface area contributed by atoms with Crippen molar-refractivity contribution in [3.8, 4) is 11.9 Å². The molecule has 0 bridgehead atoms. The first-order valence-corrected chi connectivity index (χ1v) is 10.8. The number of fused-ring (bicyclic) bond motifs is 1. The Kier molecular flexibility index (Phi) is 6.22. The maximum absolute atomic E-state index is 9.56. The van der Waals surface area contributed by atoms with E-state index < -0.39 is 0 Å². The molecule has 7 heteroatoms. The zero-order valence-corrected chi connectivity index (χ0v) is 18.9. The highest BCUT2D eigenvalue weighted by Crippen LogP contribution is 2.37. The number of nitriles is 1. The van der Waals surface area contributed by atoms with Crippen molar-refractivity contribution in [1.29, 1.82) is 5.26 Å². The van der Waals surface area contributed by atoms with Gasteiger partial charge in [0.25, 0.3) is 0 Å². The number of pyridine rings is 1. The summed E-state index contributed by atoms with van der Waals surface area (Å²) in [5.74, 6) is 1.04. The molecule has 0 spiro atoms. The molecule has 0 saturated carbocycles. The number of methoxy groups -OCH3 is 1. The lowest BCUT2D eigenvalue weighted by molar-refractivity contribution is 0.391. The second-order valence-corrected chi connectivity index (χ2v) is 7.85. The predicted molar refractivity (Wildman–Crippen MR) is 123 cm³/mol. The van der Waals surface area contributed by atoms with Gasteiger partial charge in [0.1, 0.15) is 17.3 Å². The number of nitrogens with one attached hydrogen (secondary N) is 1. The fourth-order valence-corrected chi connectivity index (χ4v) is 4.47. The monoisotopic (exact) mass is 429 g/mol. The Balaban J connectivity index is 1.72. The zero-order chi connectivity index (χ0) is 22.7. The van der Waals surface area contributed by atoms with Crippen LogP contribution in [0.4, 0.5) is 5.69 Å². The van der Waals surface area contributed by atoms with E-state index in [0.717, 1.165) is 59.5 Å². The third kappa shape index (κ3) is 3.84. The third-order valence-electron chi connectivity index (χ3n) is 6.10. The number of anilines is 1. The average molecular weight is 430 g/mol. The van der Waals surface area contributed by atoms with E-state index in [1.807, 2.05) is 6.92 Å². The van der Waals surface area contributed by atoms with E-state index in [2.05, 4.69) is 46.5 Å². The molecule has 1 atom stereocenters. The van der Waals surface area contributed by atoms with Crippen LogP contribution in [-0.4, -0.2) is 29.8 Å². The Bertz CT molecular complexity index is 1190. The number of rotatable bonds is 6. The summed E-state index contributed by atoms with van der Waals surface area (Å²) in [6.45, 7) is 4.11. The smallest absolute Gasteiger partial charge is 0.231 e. The Labute approximate surface area is 188 Å². The molecule has 3 aromatic rings. The minimum atomic E-state index is 0.0340. The quantitative estimate of drug-likeness (QED) is 0.567. The standard InChI is InChI=1S/C25H27N5O2/c1-5-16-9-10-17(11-19(16)24(27-3)22-13-28-14-32-22)29-21-8-6-7-18-15(2)20(12-26)25(31-4)30-23(18)21/h9-11,13-14,21,29H,5-8H2,1-4H3. The van der Waals surface area contributed by atoms with Gasteiger partial charge in [-0.3, -0.25) is 4.99 Å². The predicted octanol–water partition coefficient (Wildman–Crippen LogP) is 4.78. The number of hydrogen-bond donors (Lipinski definition) is 1. The van der Waals surface area contributed by atoms with Crippen molar-refractivity contribution < 1.29 is 9.15 Å². The van der Waals surface area contributed by atoms with E-state index in [4.69, 9.17) is 14.1 Å². The van der Waals surface area contributed by atoms with Crippen molar-refractivity contribution in [3.63, 3.8) is 0 Å². The van der Waals surface area contributed by atoms with Gasteiger partial charge >= 0.3 is 0 Å². The summed E-state index contributed by atoms with van der Waals surface area (Å²) in [5, 5.41) is 13.2. The molecule has 0 fully saturated rings. The number of aryl methyl sites for hydroxylation is 1. The molecule has 0 radical (unpaired) electrons. The van der Waals surface area contributed by atoms with E-state index >= 15 is 0 Å². The molecule has 4 rings (SSSR count). The molecule has 2 aromatic heterocycles. The van der Waals surface area contributed by atoms with E-state index in [0.29, 0.717) is 17.2 Å². The molecule has 32 heavy (non-hydrogen) atoms. The van der Waals surface area contributed by atoms with Crippen LogP contribution in [0.15, 0.2) is 40.2 Å². The highest BCUT2D eigenvalue weighted by atomic mass is 16.5. The minimum Gasteiger partial charge on any atom is -0.480 e. The maximum Gasteiger partial charge on any atom is 0.231 e. The van der Waals surface area contributed by atoms with Crippen LogP contribution in [0.25, 0.3) is 0 Å². The normalized spacial score (nSPS) is 15.7. The largest absolute Gasteiger partial charge is 0.480 e. The van der Waals surface area contributed by atoms with E-state index in [1.54, 1.807) is 20.4 Å². The fourth-order valence-electron chi connectivity index (χ4n) is 4.47. The summed E-state index contributed by atoms with van der Waals surface area (Å²) in [7, 11) is 3.33. The van der Waals surface area contributed by atoms with Gasteiger partial charge < -0.3 is 14.5 Å². The summed E-state index contributed by atoms with van der Waals surface area (Å²) in [6, 6.07) is 8.62.